The standard InChI is InChI=1S/C14H19N3/c1-11-5-7-17-13(8-11)9-15-14(17)12-4-3-6-16(2)10-12/h5,7-9,12H,3-4,6,10H2,1-2H3. The van der Waals surface area contributed by atoms with Crippen molar-refractivity contribution in [1.82, 2.24) is 14.3 Å². The van der Waals surface area contributed by atoms with E-state index in [4.69, 9.17) is 0 Å². The van der Waals surface area contributed by atoms with Crippen LogP contribution in [0.15, 0.2) is 24.5 Å². The summed E-state index contributed by atoms with van der Waals surface area (Å²) in [7, 11) is 2.20. The Labute approximate surface area is 102 Å². The largest absolute Gasteiger partial charge is 0.306 e. The minimum absolute atomic E-state index is 0.582. The van der Waals surface area contributed by atoms with Crippen LogP contribution in [0.1, 0.15) is 30.1 Å². The molecule has 0 N–H and O–H groups in total. The van der Waals surface area contributed by atoms with E-state index in [1.54, 1.807) is 0 Å². The number of likely N-dealkylation sites (N-methyl/N-ethyl adjacent to an activating group) is 1. The van der Waals surface area contributed by atoms with Crippen LogP contribution in [0.4, 0.5) is 0 Å². The number of fused-ring (bicyclic) bond motifs is 1. The molecule has 0 saturated carbocycles. The van der Waals surface area contributed by atoms with Gasteiger partial charge in [0.2, 0.25) is 0 Å². The SMILES string of the molecule is Cc1ccn2c(C3CCCN(C)C3)ncc2c1. The van der Waals surface area contributed by atoms with Crippen molar-refractivity contribution in [2.24, 2.45) is 0 Å². The summed E-state index contributed by atoms with van der Waals surface area (Å²) >= 11 is 0. The minimum Gasteiger partial charge on any atom is -0.306 e. The van der Waals surface area contributed by atoms with Gasteiger partial charge >= 0.3 is 0 Å². The second-order valence-corrected chi connectivity index (χ2v) is 5.22. The van der Waals surface area contributed by atoms with E-state index in [0.29, 0.717) is 5.92 Å². The van der Waals surface area contributed by atoms with Crippen LogP contribution < -0.4 is 0 Å². The summed E-state index contributed by atoms with van der Waals surface area (Å²) in [5.74, 6) is 1.81. The quantitative estimate of drug-likeness (QED) is 0.748. The molecular weight excluding hydrogens is 210 g/mol. The smallest absolute Gasteiger partial charge is 0.117 e. The summed E-state index contributed by atoms with van der Waals surface area (Å²) in [6.45, 7) is 4.48. The predicted octanol–water partition coefficient (Wildman–Crippen LogP) is 2.45. The van der Waals surface area contributed by atoms with Crippen molar-refractivity contribution in [3.63, 3.8) is 0 Å². The zero-order chi connectivity index (χ0) is 11.8. The van der Waals surface area contributed by atoms with Crippen molar-refractivity contribution < 1.29 is 0 Å². The molecule has 2 aromatic rings. The molecule has 1 unspecified atom stereocenters. The maximum atomic E-state index is 4.63. The third-order valence-electron chi connectivity index (χ3n) is 3.71. The van der Waals surface area contributed by atoms with Gasteiger partial charge in [-0.3, -0.25) is 0 Å². The Kier molecular flexibility index (Phi) is 2.63. The normalized spacial score (nSPS) is 22.1. The fraction of sp³-hybridized carbons (Fsp3) is 0.500. The van der Waals surface area contributed by atoms with Gasteiger partial charge in [0.1, 0.15) is 5.82 Å². The van der Waals surface area contributed by atoms with E-state index in [0.717, 1.165) is 6.54 Å². The maximum absolute atomic E-state index is 4.63. The molecule has 3 heteroatoms. The number of aromatic nitrogens is 2. The number of nitrogens with zero attached hydrogens (tertiary/aromatic N) is 3. The Hall–Kier alpha value is -1.35. The number of rotatable bonds is 1. The second kappa shape index (κ2) is 4.15. The number of pyridine rings is 1. The molecule has 1 aliphatic rings. The lowest BCUT2D eigenvalue weighted by molar-refractivity contribution is 0.245. The van der Waals surface area contributed by atoms with Crippen LogP contribution in [0.5, 0.6) is 0 Å². The number of aryl methyl sites for hydroxylation is 1. The zero-order valence-electron chi connectivity index (χ0n) is 10.6. The number of hydrogen-bond acceptors (Lipinski definition) is 2. The fourth-order valence-corrected chi connectivity index (χ4v) is 2.81. The monoisotopic (exact) mass is 229 g/mol. The van der Waals surface area contributed by atoms with Crippen LogP contribution in [0.3, 0.4) is 0 Å². The number of likely N-dealkylation sites (tertiary alicyclic amines) is 1. The summed E-state index contributed by atoms with van der Waals surface area (Å²) in [6, 6.07) is 4.35. The average molecular weight is 229 g/mol. The summed E-state index contributed by atoms with van der Waals surface area (Å²) in [4.78, 5) is 7.04. The highest BCUT2D eigenvalue weighted by Gasteiger charge is 2.22. The topological polar surface area (TPSA) is 20.5 Å². The Morgan fingerprint density at radius 3 is 3.12 bits per heavy atom. The molecule has 1 saturated heterocycles. The first-order valence-corrected chi connectivity index (χ1v) is 6.36. The predicted molar refractivity (Wildman–Crippen MR) is 69.4 cm³/mol. The molecule has 3 rings (SSSR count). The number of hydrogen-bond donors (Lipinski definition) is 0. The average Bonchev–Trinajstić information content (AvgIpc) is 2.71. The Bertz CT molecular complexity index is 529. The first-order chi connectivity index (χ1) is 8.24. The van der Waals surface area contributed by atoms with Crippen LogP contribution in [-0.4, -0.2) is 34.4 Å². The lowest BCUT2D eigenvalue weighted by Crippen LogP contribution is -2.31. The third-order valence-corrected chi connectivity index (χ3v) is 3.71. The molecule has 0 bridgehead atoms. The van der Waals surface area contributed by atoms with Crippen LogP contribution in [0.2, 0.25) is 0 Å². The van der Waals surface area contributed by atoms with Gasteiger partial charge in [-0.15, -0.1) is 0 Å². The molecule has 0 radical (unpaired) electrons. The summed E-state index contributed by atoms with van der Waals surface area (Å²) in [5, 5.41) is 0. The molecule has 3 nitrogen and oxygen atoms in total. The van der Waals surface area contributed by atoms with Crippen molar-refractivity contribution in [3.05, 3.63) is 35.9 Å². The van der Waals surface area contributed by atoms with E-state index in [1.165, 1.54) is 36.3 Å². The van der Waals surface area contributed by atoms with E-state index in [1.807, 2.05) is 6.20 Å². The van der Waals surface area contributed by atoms with Crippen LogP contribution in [0, 0.1) is 6.92 Å². The van der Waals surface area contributed by atoms with Gasteiger partial charge in [0.05, 0.1) is 11.7 Å². The van der Waals surface area contributed by atoms with Crippen LogP contribution in [-0.2, 0) is 0 Å². The molecule has 1 fully saturated rings. The Balaban J connectivity index is 1.99. The van der Waals surface area contributed by atoms with Gasteiger partial charge in [-0.25, -0.2) is 4.98 Å². The van der Waals surface area contributed by atoms with Crippen molar-refractivity contribution in [3.8, 4) is 0 Å². The van der Waals surface area contributed by atoms with Crippen molar-refractivity contribution in [2.75, 3.05) is 20.1 Å². The molecule has 17 heavy (non-hydrogen) atoms. The first kappa shape index (κ1) is 10.8. The van der Waals surface area contributed by atoms with E-state index in [2.05, 4.69) is 46.6 Å². The van der Waals surface area contributed by atoms with E-state index in [9.17, 15) is 0 Å². The molecular formula is C14H19N3. The van der Waals surface area contributed by atoms with Crippen molar-refractivity contribution >= 4 is 5.52 Å². The molecule has 0 amide bonds. The van der Waals surface area contributed by atoms with Crippen molar-refractivity contribution in [2.45, 2.75) is 25.7 Å². The third kappa shape index (κ3) is 1.95. The Morgan fingerprint density at radius 1 is 1.41 bits per heavy atom. The summed E-state index contributed by atoms with van der Waals surface area (Å²) < 4.78 is 2.25. The highest BCUT2D eigenvalue weighted by atomic mass is 15.1. The molecule has 2 aromatic heterocycles. The first-order valence-electron chi connectivity index (χ1n) is 6.36. The second-order valence-electron chi connectivity index (χ2n) is 5.22. The number of imidazole rings is 1. The minimum atomic E-state index is 0.582. The van der Waals surface area contributed by atoms with Gasteiger partial charge in [-0.1, -0.05) is 0 Å². The van der Waals surface area contributed by atoms with Crippen LogP contribution in [0.25, 0.3) is 5.52 Å². The van der Waals surface area contributed by atoms with E-state index >= 15 is 0 Å². The van der Waals surface area contributed by atoms with Crippen molar-refractivity contribution in [1.29, 1.82) is 0 Å². The molecule has 0 spiro atoms. The summed E-state index contributed by atoms with van der Waals surface area (Å²) in [6.07, 6.45) is 6.69. The highest BCUT2D eigenvalue weighted by molar-refractivity contribution is 5.48. The Morgan fingerprint density at radius 2 is 2.29 bits per heavy atom. The molecule has 3 heterocycles. The van der Waals surface area contributed by atoms with E-state index < -0.39 is 0 Å². The van der Waals surface area contributed by atoms with Gasteiger partial charge in [0.25, 0.3) is 0 Å². The van der Waals surface area contributed by atoms with Gasteiger partial charge in [-0.05, 0) is 51.1 Å². The maximum Gasteiger partial charge on any atom is 0.117 e. The molecule has 0 aliphatic carbocycles. The van der Waals surface area contributed by atoms with Crippen LogP contribution >= 0.6 is 0 Å². The molecule has 0 aromatic carbocycles. The van der Waals surface area contributed by atoms with Gasteiger partial charge in [-0.2, -0.15) is 0 Å². The van der Waals surface area contributed by atoms with Gasteiger partial charge in [0.15, 0.2) is 0 Å². The summed E-state index contributed by atoms with van der Waals surface area (Å²) in [5.41, 5.74) is 2.51. The molecule has 1 atom stereocenters. The lowest BCUT2D eigenvalue weighted by atomic mass is 9.98. The fourth-order valence-electron chi connectivity index (χ4n) is 2.81. The lowest BCUT2D eigenvalue weighted by Gasteiger charge is -2.28. The van der Waals surface area contributed by atoms with Gasteiger partial charge in [0, 0.05) is 18.7 Å². The number of piperidine rings is 1. The zero-order valence-corrected chi connectivity index (χ0v) is 10.6. The molecule has 90 valence electrons. The molecule has 1 aliphatic heterocycles. The van der Waals surface area contributed by atoms with Gasteiger partial charge < -0.3 is 9.30 Å². The highest BCUT2D eigenvalue weighted by Crippen LogP contribution is 2.26. The van der Waals surface area contributed by atoms with E-state index in [-0.39, 0.29) is 0 Å².